The van der Waals surface area contributed by atoms with Crippen molar-refractivity contribution in [1.82, 2.24) is 0 Å². The van der Waals surface area contributed by atoms with Crippen LogP contribution in [0.1, 0.15) is 407 Å². The molecule has 0 aromatic heterocycles. The minimum absolute atomic E-state index is 0.107. The molecule has 3 N–H and O–H groups in total. The lowest BCUT2D eigenvalue weighted by Gasteiger charge is -2.21. The first-order valence-electron chi connectivity index (χ1n) is 40.1. The average Bonchev–Trinajstić information content (AvgIpc) is 1.57. The van der Waals surface area contributed by atoms with Crippen molar-refractivity contribution in [1.29, 1.82) is 0 Å². The predicted molar refractivity (Wildman–Crippen MR) is 391 cm³/mol. The zero-order chi connectivity index (χ0) is 70.5. The van der Waals surface area contributed by atoms with Gasteiger partial charge in [-0.25, -0.2) is 9.13 Å². The molecule has 96 heavy (non-hydrogen) atoms. The van der Waals surface area contributed by atoms with Crippen LogP contribution in [0, 0.1) is 5.92 Å². The van der Waals surface area contributed by atoms with E-state index in [1.165, 1.54) is 231 Å². The molecule has 0 heterocycles. The molecule has 0 aromatic rings. The van der Waals surface area contributed by atoms with Gasteiger partial charge in [0.25, 0.3) is 0 Å². The highest BCUT2D eigenvalue weighted by molar-refractivity contribution is 7.47. The van der Waals surface area contributed by atoms with E-state index in [0.717, 1.165) is 95.8 Å². The first-order chi connectivity index (χ1) is 46.5. The molecule has 0 bridgehead atoms. The molecular weight excluding hydrogens is 1260 g/mol. The van der Waals surface area contributed by atoms with Gasteiger partial charge in [-0.2, -0.15) is 0 Å². The van der Waals surface area contributed by atoms with E-state index >= 15 is 0 Å². The number of aliphatic hydroxyl groups excluding tert-OH is 1. The van der Waals surface area contributed by atoms with Crippen molar-refractivity contribution in [2.45, 2.75) is 425 Å². The summed E-state index contributed by atoms with van der Waals surface area (Å²) >= 11 is 0. The summed E-state index contributed by atoms with van der Waals surface area (Å²) in [5, 5.41) is 10.6. The van der Waals surface area contributed by atoms with Crippen LogP contribution in [0.4, 0.5) is 0 Å². The second kappa shape index (κ2) is 70.1. The number of carbonyl (C=O) groups is 4. The Morgan fingerprint density at radius 2 is 0.479 bits per heavy atom. The highest BCUT2D eigenvalue weighted by Crippen LogP contribution is 2.45. The van der Waals surface area contributed by atoms with Crippen molar-refractivity contribution in [2.75, 3.05) is 39.6 Å². The summed E-state index contributed by atoms with van der Waals surface area (Å²) in [7, 11) is -9.91. The van der Waals surface area contributed by atoms with Gasteiger partial charge in [0.15, 0.2) is 12.2 Å². The molecule has 570 valence electrons. The van der Waals surface area contributed by atoms with E-state index in [-0.39, 0.29) is 25.7 Å². The van der Waals surface area contributed by atoms with Crippen LogP contribution in [-0.2, 0) is 65.4 Å². The van der Waals surface area contributed by atoms with Gasteiger partial charge in [-0.1, -0.05) is 356 Å². The smallest absolute Gasteiger partial charge is 0.462 e. The van der Waals surface area contributed by atoms with E-state index < -0.39 is 97.5 Å². The fourth-order valence-corrected chi connectivity index (χ4v) is 13.5. The van der Waals surface area contributed by atoms with Gasteiger partial charge in [0.1, 0.15) is 19.3 Å². The first-order valence-corrected chi connectivity index (χ1v) is 43.1. The highest BCUT2D eigenvalue weighted by Gasteiger charge is 2.30. The van der Waals surface area contributed by atoms with Gasteiger partial charge in [-0.3, -0.25) is 37.3 Å². The summed E-state index contributed by atoms with van der Waals surface area (Å²) in [5.74, 6) is -1.36. The zero-order valence-electron chi connectivity index (χ0n) is 62.5. The Morgan fingerprint density at radius 1 is 0.281 bits per heavy atom. The molecule has 0 fully saturated rings. The molecule has 0 aliphatic heterocycles. The molecular formula is C77H150O17P2. The van der Waals surface area contributed by atoms with Crippen LogP contribution in [0.15, 0.2) is 0 Å². The van der Waals surface area contributed by atoms with Gasteiger partial charge in [-0.15, -0.1) is 0 Å². The summed E-state index contributed by atoms with van der Waals surface area (Å²) < 4.78 is 68.6. The lowest BCUT2D eigenvalue weighted by atomic mass is 10.0. The summed E-state index contributed by atoms with van der Waals surface area (Å²) in [6.45, 7) is 7.30. The third-order valence-corrected chi connectivity index (χ3v) is 19.9. The normalized spacial score (nSPS) is 13.9. The highest BCUT2D eigenvalue weighted by atomic mass is 31.2. The van der Waals surface area contributed by atoms with Crippen molar-refractivity contribution < 1.29 is 80.2 Å². The summed E-state index contributed by atoms with van der Waals surface area (Å²) in [4.78, 5) is 72.9. The van der Waals surface area contributed by atoms with E-state index in [0.29, 0.717) is 25.7 Å². The molecule has 0 radical (unpaired) electrons. The minimum Gasteiger partial charge on any atom is -0.462 e. The van der Waals surface area contributed by atoms with Crippen molar-refractivity contribution in [3.63, 3.8) is 0 Å². The molecule has 0 rings (SSSR count). The van der Waals surface area contributed by atoms with Gasteiger partial charge in [0.2, 0.25) is 0 Å². The number of unbranched alkanes of at least 4 members (excludes halogenated alkanes) is 49. The number of phosphoric acid groups is 2. The largest absolute Gasteiger partial charge is 0.472 e. The molecule has 0 saturated carbocycles. The fraction of sp³-hybridized carbons (Fsp3) is 0.948. The van der Waals surface area contributed by atoms with Crippen LogP contribution in [0.2, 0.25) is 0 Å². The number of ether oxygens (including phenoxy) is 4. The maximum atomic E-state index is 13.1. The molecule has 0 amide bonds. The van der Waals surface area contributed by atoms with Gasteiger partial charge >= 0.3 is 39.5 Å². The van der Waals surface area contributed by atoms with Crippen LogP contribution in [0.3, 0.4) is 0 Å². The van der Waals surface area contributed by atoms with Gasteiger partial charge in [0, 0.05) is 25.7 Å². The van der Waals surface area contributed by atoms with E-state index in [2.05, 4.69) is 34.6 Å². The Hall–Kier alpha value is -1.94. The molecule has 17 nitrogen and oxygen atoms in total. The first kappa shape index (κ1) is 94.1. The molecule has 0 aliphatic rings. The predicted octanol–water partition coefficient (Wildman–Crippen LogP) is 22.9. The Kier molecular flexibility index (Phi) is 68.7. The lowest BCUT2D eigenvalue weighted by molar-refractivity contribution is -0.161. The standard InChI is InChI=1S/C77H150O17P2/c1-6-9-12-15-18-21-24-26-28-30-32-35-41-46-51-56-61-75(80)88-67-72(93-76(81)62-57-52-47-42-36-33-31-29-27-25-22-19-16-13-10-7-2)68-91-95(83,84)89-64-71(78)65-90-96(85,86)92-69-73(66-87-74(79)60-55-50-45-40-34-23-20-17-14-11-8-3)94-77(82)63-58-53-48-43-38-37-39-44-49-54-59-70(4)5/h70-73,78H,6-69H2,1-5H3,(H,83,84)(H,85,86)/t71-,72-,73-/m1/s1. The van der Waals surface area contributed by atoms with Crippen molar-refractivity contribution >= 4 is 39.5 Å². The van der Waals surface area contributed by atoms with Gasteiger partial charge in [-0.05, 0) is 31.6 Å². The molecule has 0 saturated heterocycles. The fourth-order valence-electron chi connectivity index (χ4n) is 11.9. The average molecular weight is 1410 g/mol. The van der Waals surface area contributed by atoms with E-state index in [4.69, 9.17) is 37.0 Å². The van der Waals surface area contributed by atoms with Crippen LogP contribution in [-0.4, -0.2) is 96.7 Å². The lowest BCUT2D eigenvalue weighted by Crippen LogP contribution is -2.30. The number of rotatable bonds is 77. The van der Waals surface area contributed by atoms with Crippen LogP contribution in [0.25, 0.3) is 0 Å². The summed E-state index contributed by atoms with van der Waals surface area (Å²) in [5.41, 5.74) is 0. The van der Waals surface area contributed by atoms with Gasteiger partial charge in [0.05, 0.1) is 26.4 Å². The number of phosphoric ester groups is 2. The quantitative estimate of drug-likeness (QED) is 0.0222. The van der Waals surface area contributed by atoms with Crippen LogP contribution < -0.4 is 0 Å². The zero-order valence-corrected chi connectivity index (χ0v) is 64.3. The molecule has 0 aromatic carbocycles. The Morgan fingerprint density at radius 3 is 0.708 bits per heavy atom. The topological polar surface area (TPSA) is 237 Å². The Labute approximate surface area is 588 Å². The van der Waals surface area contributed by atoms with Crippen molar-refractivity contribution in [3.8, 4) is 0 Å². The van der Waals surface area contributed by atoms with Gasteiger partial charge < -0.3 is 33.8 Å². The Bertz CT molecular complexity index is 1840. The third kappa shape index (κ3) is 70.5. The van der Waals surface area contributed by atoms with E-state index in [1.54, 1.807) is 0 Å². The third-order valence-electron chi connectivity index (χ3n) is 18.0. The summed E-state index contributed by atoms with van der Waals surface area (Å²) in [6.07, 6.45) is 59.5. The second-order valence-corrected chi connectivity index (χ2v) is 31.1. The monoisotopic (exact) mass is 1410 g/mol. The van der Waals surface area contributed by atoms with E-state index in [1.807, 2.05) is 0 Å². The van der Waals surface area contributed by atoms with Crippen molar-refractivity contribution in [2.24, 2.45) is 5.92 Å². The SMILES string of the molecule is CCCCCCCCCCCCCCCCCCC(=O)OC[C@H](COP(=O)(O)OC[C@@H](O)COP(=O)(O)OC[C@@H](COC(=O)CCCCCCCCCCCCC)OC(=O)CCCCCCCCCCCCC(C)C)OC(=O)CCCCCCCCCCCCCCCCCC. The molecule has 0 spiro atoms. The molecule has 19 heteroatoms. The van der Waals surface area contributed by atoms with Crippen LogP contribution >= 0.6 is 15.6 Å². The summed E-state index contributed by atoms with van der Waals surface area (Å²) in [6, 6.07) is 0. The number of carbonyl (C=O) groups excluding carboxylic acids is 4. The van der Waals surface area contributed by atoms with Crippen LogP contribution in [0.5, 0.6) is 0 Å². The maximum Gasteiger partial charge on any atom is 0.472 e. The number of esters is 4. The number of aliphatic hydroxyl groups is 1. The van der Waals surface area contributed by atoms with E-state index in [9.17, 15) is 43.2 Å². The maximum absolute atomic E-state index is 13.1. The number of hydrogen-bond donors (Lipinski definition) is 3. The van der Waals surface area contributed by atoms with Crippen molar-refractivity contribution in [3.05, 3.63) is 0 Å². The molecule has 0 aliphatic carbocycles. The minimum atomic E-state index is -4.96. The number of hydrogen-bond acceptors (Lipinski definition) is 15. The molecule has 2 unspecified atom stereocenters. The molecule has 5 atom stereocenters. The second-order valence-electron chi connectivity index (χ2n) is 28.2. The Balaban J connectivity index is 5.25.